The minimum Gasteiger partial charge on any atom is -0.381 e. The largest absolute Gasteiger partial charge is 0.381 e. The van der Waals surface area contributed by atoms with E-state index in [1.165, 1.54) is 19.1 Å². The Balaban J connectivity index is 1.59. The molecular formula is C25H26FN5O2S. The number of sulfone groups is 1. The van der Waals surface area contributed by atoms with Crippen molar-refractivity contribution in [1.29, 1.82) is 0 Å². The lowest BCUT2D eigenvalue weighted by Crippen LogP contribution is -2.18. The second-order valence-electron chi connectivity index (χ2n) is 8.89. The number of nitrogens with zero attached hydrogens (tertiary/aromatic N) is 4. The van der Waals surface area contributed by atoms with Gasteiger partial charge in [-0.15, -0.1) is 0 Å². The SMILES string of the molecule is Cc1ccc(S(C)(=O)=O)cc1-c1cnc2c(N)nc(-c3ccc(CN4CCCC4)cc3F)cn12. The van der Waals surface area contributed by atoms with Crippen LogP contribution >= 0.6 is 0 Å². The maximum atomic E-state index is 15.1. The Morgan fingerprint density at radius 2 is 1.85 bits per heavy atom. The molecule has 3 heterocycles. The van der Waals surface area contributed by atoms with Crippen LogP contribution in [0.5, 0.6) is 0 Å². The van der Waals surface area contributed by atoms with Crippen LogP contribution in [-0.4, -0.2) is 47.0 Å². The molecule has 0 unspecified atom stereocenters. The van der Waals surface area contributed by atoms with Crippen LogP contribution in [0, 0.1) is 12.7 Å². The van der Waals surface area contributed by atoms with Crippen molar-refractivity contribution in [2.75, 3.05) is 25.1 Å². The highest BCUT2D eigenvalue weighted by Crippen LogP contribution is 2.31. The molecule has 0 aliphatic carbocycles. The van der Waals surface area contributed by atoms with Gasteiger partial charge >= 0.3 is 0 Å². The van der Waals surface area contributed by atoms with Gasteiger partial charge in [-0.3, -0.25) is 9.30 Å². The Morgan fingerprint density at radius 3 is 2.56 bits per heavy atom. The van der Waals surface area contributed by atoms with Gasteiger partial charge in [0.25, 0.3) is 0 Å². The summed E-state index contributed by atoms with van der Waals surface area (Å²) in [4.78, 5) is 11.3. The number of aromatic nitrogens is 3. The van der Waals surface area contributed by atoms with Gasteiger partial charge < -0.3 is 5.73 Å². The Hall–Kier alpha value is -3.30. The Bertz CT molecular complexity index is 1510. The van der Waals surface area contributed by atoms with E-state index in [4.69, 9.17) is 5.73 Å². The number of benzene rings is 2. The number of nitrogen functional groups attached to an aromatic ring is 1. The molecule has 0 atom stereocenters. The van der Waals surface area contributed by atoms with Crippen LogP contribution in [0.4, 0.5) is 10.2 Å². The number of nitrogens with two attached hydrogens (primary N) is 1. The van der Waals surface area contributed by atoms with Crippen LogP contribution < -0.4 is 5.73 Å². The molecule has 2 N–H and O–H groups in total. The van der Waals surface area contributed by atoms with Crippen LogP contribution in [-0.2, 0) is 16.4 Å². The lowest BCUT2D eigenvalue weighted by atomic mass is 10.1. The average Bonchev–Trinajstić information content (AvgIpc) is 3.43. The van der Waals surface area contributed by atoms with Gasteiger partial charge in [0.05, 0.1) is 22.5 Å². The predicted octanol–water partition coefficient (Wildman–Crippen LogP) is 4.09. The average molecular weight is 480 g/mol. The third-order valence-electron chi connectivity index (χ3n) is 6.35. The lowest BCUT2D eigenvalue weighted by Gasteiger charge is -2.15. The van der Waals surface area contributed by atoms with E-state index in [-0.39, 0.29) is 16.5 Å². The lowest BCUT2D eigenvalue weighted by molar-refractivity contribution is 0.331. The molecule has 2 aromatic heterocycles. The molecular weight excluding hydrogens is 453 g/mol. The van der Waals surface area contributed by atoms with E-state index in [0.717, 1.165) is 30.8 Å². The third kappa shape index (κ3) is 4.17. The second kappa shape index (κ2) is 8.48. The summed E-state index contributed by atoms with van der Waals surface area (Å²) in [7, 11) is -3.38. The fourth-order valence-corrected chi connectivity index (χ4v) is 5.16. The zero-order chi connectivity index (χ0) is 24.0. The van der Waals surface area contributed by atoms with Crippen molar-refractivity contribution in [2.45, 2.75) is 31.2 Å². The van der Waals surface area contributed by atoms with E-state index in [2.05, 4.69) is 14.9 Å². The van der Waals surface area contributed by atoms with Crippen molar-refractivity contribution >= 4 is 21.3 Å². The fourth-order valence-electron chi connectivity index (χ4n) is 4.51. The minimum absolute atomic E-state index is 0.168. The number of hydrogen-bond donors (Lipinski definition) is 1. The number of imidazole rings is 1. The molecule has 0 saturated carbocycles. The van der Waals surface area contributed by atoms with Gasteiger partial charge in [0.1, 0.15) is 5.82 Å². The van der Waals surface area contributed by atoms with Crippen molar-refractivity contribution in [2.24, 2.45) is 0 Å². The van der Waals surface area contributed by atoms with E-state index in [1.54, 1.807) is 47.1 Å². The first kappa shape index (κ1) is 22.5. The molecule has 0 amide bonds. The summed E-state index contributed by atoms with van der Waals surface area (Å²) in [6.45, 7) is 4.71. The van der Waals surface area contributed by atoms with Gasteiger partial charge in [-0.2, -0.15) is 0 Å². The molecule has 0 radical (unpaired) electrons. The molecule has 1 saturated heterocycles. The molecule has 176 valence electrons. The standard InChI is InChI=1S/C25H26FN5O2S/c1-16-5-7-18(34(2,32)33)12-20(16)23-13-28-25-24(27)29-22(15-31(23)25)19-8-6-17(11-21(19)26)14-30-9-3-4-10-30/h5-8,11-13,15H,3-4,9-10,14H2,1-2H3,(H2,27,29). The first-order valence-electron chi connectivity index (χ1n) is 11.2. The summed E-state index contributed by atoms with van der Waals surface area (Å²) in [5.41, 5.74) is 10.5. The summed E-state index contributed by atoms with van der Waals surface area (Å²) in [6.07, 6.45) is 6.86. The number of fused-ring (bicyclic) bond motifs is 1. The number of anilines is 1. The molecule has 7 nitrogen and oxygen atoms in total. The van der Waals surface area contributed by atoms with E-state index in [9.17, 15) is 8.42 Å². The van der Waals surface area contributed by atoms with Crippen molar-refractivity contribution in [1.82, 2.24) is 19.3 Å². The highest BCUT2D eigenvalue weighted by Gasteiger charge is 2.18. The van der Waals surface area contributed by atoms with Crippen molar-refractivity contribution in [3.05, 3.63) is 65.7 Å². The number of rotatable bonds is 5. The molecule has 34 heavy (non-hydrogen) atoms. The summed E-state index contributed by atoms with van der Waals surface area (Å²) in [5.74, 6) is -0.193. The number of hydrogen-bond acceptors (Lipinski definition) is 6. The zero-order valence-corrected chi connectivity index (χ0v) is 19.9. The second-order valence-corrected chi connectivity index (χ2v) is 10.9. The fraction of sp³-hybridized carbons (Fsp3) is 0.280. The zero-order valence-electron chi connectivity index (χ0n) is 19.1. The third-order valence-corrected chi connectivity index (χ3v) is 7.46. The first-order chi connectivity index (χ1) is 16.2. The molecule has 2 aromatic carbocycles. The van der Waals surface area contributed by atoms with E-state index < -0.39 is 9.84 Å². The summed E-state index contributed by atoms with van der Waals surface area (Å²) in [5, 5.41) is 0. The van der Waals surface area contributed by atoms with Gasteiger partial charge in [0, 0.05) is 30.1 Å². The van der Waals surface area contributed by atoms with Gasteiger partial charge in [-0.05, 0) is 68.2 Å². The monoisotopic (exact) mass is 479 g/mol. The molecule has 9 heteroatoms. The van der Waals surface area contributed by atoms with Crippen molar-refractivity contribution in [3.8, 4) is 22.5 Å². The highest BCUT2D eigenvalue weighted by molar-refractivity contribution is 7.90. The van der Waals surface area contributed by atoms with Gasteiger partial charge in [0.2, 0.25) is 0 Å². The van der Waals surface area contributed by atoms with Crippen molar-refractivity contribution < 1.29 is 12.8 Å². The maximum Gasteiger partial charge on any atom is 0.180 e. The topological polar surface area (TPSA) is 93.6 Å². The van der Waals surface area contributed by atoms with Gasteiger partial charge in [0.15, 0.2) is 21.3 Å². The Kier molecular flexibility index (Phi) is 5.61. The molecule has 5 rings (SSSR count). The predicted molar refractivity (Wildman–Crippen MR) is 131 cm³/mol. The van der Waals surface area contributed by atoms with Crippen LogP contribution in [0.3, 0.4) is 0 Å². The molecule has 0 bridgehead atoms. The highest BCUT2D eigenvalue weighted by atomic mass is 32.2. The molecule has 0 spiro atoms. The van der Waals surface area contributed by atoms with E-state index in [0.29, 0.717) is 28.2 Å². The quantitative estimate of drug-likeness (QED) is 0.463. The number of likely N-dealkylation sites (tertiary alicyclic amines) is 1. The molecule has 4 aromatic rings. The van der Waals surface area contributed by atoms with Crippen LogP contribution in [0.15, 0.2) is 53.7 Å². The maximum absolute atomic E-state index is 15.1. The van der Waals surface area contributed by atoms with E-state index in [1.807, 2.05) is 13.0 Å². The Morgan fingerprint density at radius 1 is 1.09 bits per heavy atom. The Labute approximate surface area is 198 Å². The smallest absolute Gasteiger partial charge is 0.180 e. The van der Waals surface area contributed by atoms with Crippen LogP contribution in [0.25, 0.3) is 28.2 Å². The number of halogens is 1. The molecule has 1 fully saturated rings. The summed E-state index contributed by atoms with van der Waals surface area (Å²) < 4.78 is 41.1. The normalized spacial score (nSPS) is 14.8. The minimum atomic E-state index is -3.38. The van der Waals surface area contributed by atoms with Crippen LogP contribution in [0.1, 0.15) is 24.0 Å². The van der Waals surface area contributed by atoms with Gasteiger partial charge in [-0.1, -0.05) is 12.1 Å². The number of aryl methyl sites for hydroxylation is 1. The summed E-state index contributed by atoms with van der Waals surface area (Å²) in [6, 6.07) is 10.2. The van der Waals surface area contributed by atoms with Crippen LogP contribution in [0.2, 0.25) is 0 Å². The molecule has 1 aliphatic heterocycles. The van der Waals surface area contributed by atoms with Gasteiger partial charge in [-0.25, -0.2) is 22.8 Å². The molecule has 1 aliphatic rings. The van der Waals surface area contributed by atoms with Crippen molar-refractivity contribution in [3.63, 3.8) is 0 Å². The van der Waals surface area contributed by atoms with E-state index >= 15 is 4.39 Å². The summed E-state index contributed by atoms with van der Waals surface area (Å²) >= 11 is 0. The first-order valence-corrected chi connectivity index (χ1v) is 13.1.